The Morgan fingerprint density at radius 3 is 2.38 bits per heavy atom. The molecule has 0 fully saturated rings. The fraction of sp³-hybridized carbons (Fsp3) is 0.577. The van der Waals surface area contributed by atoms with E-state index in [4.69, 9.17) is 11.2 Å². The van der Waals surface area contributed by atoms with Gasteiger partial charge < -0.3 is 20.5 Å². The lowest BCUT2D eigenvalue weighted by atomic mass is 9.98. The van der Waals surface area contributed by atoms with Crippen LogP contribution >= 0.6 is 0 Å². The Labute approximate surface area is 203 Å². The van der Waals surface area contributed by atoms with Crippen LogP contribution in [0.25, 0.3) is 0 Å². The predicted octanol–water partition coefficient (Wildman–Crippen LogP) is 4.02. The highest BCUT2D eigenvalue weighted by Gasteiger charge is 2.36. The molecule has 0 saturated heterocycles. The van der Waals surface area contributed by atoms with E-state index in [9.17, 15) is 19.5 Å². The maximum absolute atomic E-state index is 13.6. The van der Waals surface area contributed by atoms with Crippen molar-refractivity contribution in [2.45, 2.75) is 85.4 Å². The SMILES string of the molecule is C#CN(C(=O)C(CC(C)C)NC(=O)OC(C)(C)C)C(C(=O)NCCCC)c1ccc(O)c(C)c1. The number of aromatic hydroxyl groups is 1. The number of unbranched alkanes of at least 4 members (excludes halogenated alkanes) is 1. The highest BCUT2D eigenvalue weighted by Crippen LogP contribution is 2.27. The molecule has 188 valence electrons. The van der Waals surface area contributed by atoms with Crippen LogP contribution in [0, 0.1) is 25.3 Å². The molecule has 3 amide bonds. The maximum Gasteiger partial charge on any atom is 0.408 e. The number of ether oxygens (including phenoxy) is 1. The first kappa shape index (κ1) is 28.8. The van der Waals surface area contributed by atoms with Gasteiger partial charge in [0.1, 0.15) is 23.4 Å². The van der Waals surface area contributed by atoms with E-state index in [1.165, 1.54) is 6.07 Å². The largest absolute Gasteiger partial charge is 0.508 e. The zero-order valence-electron chi connectivity index (χ0n) is 21.4. The third-order valence-electron chi connectivity index (χ3n) is 4.95. The minimum atomic E-state index is -1.14. The number of amides is 3. The molecule has 0 spiro atoms. The summed E-state index contributed by atoms with van der Waals surface area (Å²) in [5, 5.41) is 15.4. The summed E-state index contributed by atoms with van der Waals surface area (Å²) in [6.07, 6.45) is 6.97. The summed E-state index contributed by atoms with van der Waals surface area (Å²) in [5.74, 6) is -0.915. The van der Waals surface area contributed by atoms with Gasteiger partial charge in [0.05, 0.1) is 0 Å². The highest BCUT2D eigenvalue weighted by atomic mass is 16.6. The molecule has 0 bridgehead atoms. The molecule has 2 unspecified atom stereocenters. The van der Waals surface area contributed by atoms with Crippen LogP contribution in [0.3, 0.4) is 0 Å². The van der Waals surface area contributed by atoms with Gasteiger partial charge in [0.15, 0.2) is 0 Å². The number of alkyl carbamates (subject to hydrolysis) is 1. The molecule has 3 N–H and O–H groups in total. The average molecular weight is 474 g/mol. The molecule has 0 radical (unpaired) electrons. The summed E-state index contributed by atoms with van der Waals surface area (Å²) in [6.45, 7) is 13.1. The zero-order chi connectivity index (χ0) is 26.1. The van der Waals surface area contributed by atoms with E-state index in [0.717, 1.165) is 17.7 Å². The van der Waals surface area contributed by atoms with Crippen LogP contribution in [0.15, 0.2) is 18.2 Å². The van der Waals surface area contributed by atoms with E-state index >= 15 is 0 Å². The minimum absolute atomic E-state index is 0.0521. The van der Waals surface area contributed by atoms with Crippen LogP contribution < -0.4 is 10.6 Å². The number of benzene rings is 1. The highest BCUT2D eigenvalue weighted by molar-refractivity contribution is 5.93. The fourth-order valence-electron chi connectivity index (χ4n) is 3.33. The molecule has 2 atom stereocenters. The van der Waals surface area contributed by atoms with E-state index in [1.54, 1.807) is 39.8 Å². The molecule has 0 saturated carbocycles. The number of phenolic OH excluding ortho intramolecular Hbond substituents is 1. The van der Waals surface area contributed by atoms with E-state index < -0.39 is 35.6 Å². The molecule has 1 aromatic rings. The molecule has 34 heavy (non-hydrogen) atoms. The number of terminal acetylenes is 1. The number of carbonyl (C=O) groups is 3. The topological polar surface area (TPSA) is 108 Å². The molecule has 1 rings (SSSR count). The summed E-state index contributed by atoms with van der Waals surface area (Å²) in [7, 11) is 0. The van der Waals surface area contributed by atoms with Gasteiger partial charge >= 0.3 is 6.09 Å². The first-order valence-corrected chi connectivity index (χ1v) is 11.7. The van der Waals surface area contributed by atoms with Crippen molar-refractivity contribution in [3.8, 4) is 18.2 Å². The van der Waals surface area contributed by atoms with Crippen molar-refractivity contribution in [3.63, 3.8) is 0 Å². The van der Waals surface area contributed by atoms with Gasteiger partial charge in [0.25, 0.3) is 5.91 Å². The molecule has 8 nitrogen and oxygen atoms in total. The average Bonchev–Trinajstić information content (AvgIpc) is 2.71. The molecule has 8 heteroatoms. The first-order chi connectivity index (χ1) is 15.8. The second kappa shape index (κ2) is 12.9. The molecular weight excluding hydrogens is 434 g/mol. The number of hydrogen-bond donors (Lipinski definition) is 3. The number of nitrogens with zero attached hydrogens (tertiary/aromatic N) is 1. The van der Waals surface area contributed by atoms with Crippen molar-refractivity contribution in [1.82, 2.24) is 15.5 Å². The van der Waals surface area contributed by atoms with E-state index in [1.807, 2.05) is 20.8 Å². The summed E-state index contributed by atoms with van der Waals surface area (Å²) in [6, 6.07) is 4.86. The standard InChI is InChI=1S/C26H39N3O5/c1-9-11-14-27-23(31)22(19-12-13-21(30)18(5)16-19)29(10-2)24(32)20(15-17(3)4)28-25(33)34-26(6,7)8/h2,12-13,16-17,20,22,30H,9,11,14-15H2,1,3-8H3,(H,27,31)(H,28,33). The van der Waals surface area contributed by atoms with E-state index in [2.05, 4.69) is 16.7 Å². The Morgan fingerprint density at radius 2 is 1.88 bits per heavy atom. The molecule has 0 aliphatic rings. The molecule has 1 aromatic carbocycles. The summed E-state index contributed by atoms with van der Waals surface area (Å²) < 4.78 is 5.32. The van der Waals surface area contributed by atoms with Crippen LogP contribution in [0.1, 0.15) is 78.0 Å². The van der Waals surface area contributed by atoms with Crippen LogP contribution in [0.2, 0.25) is 0 Å². The lowest BCUT2D eigenvalue weighted by Gasteiger charge is -2.31. The smallest absolute Gasteiger partial charge is 0.408 e. The second-order valence-electron chi connectivity index (χ2n) is 9.76. The maximum atomic E-state index is 13.6. The molecular formula is C26H39N3O5. The van der Waals surface area contributed by atoms with Gasteiger partial charge in [-0.15, -0.1) is 0 Å². The lowest BCUT2D eigenvalue weighted by molar-refractivity contribution is -0.138. The number of nitrogens with one attached hydrogen (secondary N) is 2. The molecule has 0 aliphatic carbocycles. The Hall–Kier alpha value is -3.21. The second-order valence-corrected chi connectivity index (χ2v) is 9.76. The Bertz CT molecular complexity index is 899. The van der Waals surface area contributed by atoms with Gasteiger partial charge in [-0.2, -0.15) is 0 Å². The van der Waals surface area contributed by atoms with E-state index in [0.29, 0.717) is 24.1 Å². The quantitative estimate of drug-likeness (QED) is 0.270. The van der Waals surface area contributed by atoms with Gasteiger partial charge in [-0.1, -0.05) is 39.7 Å². The Balaban J connectivity index is 3.37. The first-order valence-electron chi connectivity index (χ1n) is 11.7. The van der Waals surface area contributed by atoms with E-state index in [-0.39, 0.29) is 11.7 Å². The Morgan fingerprint density at radius 1 is 1.24 bits per heavy atom. The van der Waals surface area contributed by atoms with Crippen molar-refractivity contribution in [1.29, 1.82) is 0 Å². The molecule has 0 heterocycles. The van der Waals surface area contributed by atoms with Gasteiger partial charge in [0, 0.05) is 12.6 Å². The van der Waals surface area contributed by atoms with Gasteiger partial charge in [0.2, 0.25) is 5.91 Å². The zero-order valence-corrected chi connectivity index (χ0v) is 21.4. The van der Waals surface area contributed by atoms with Crippen molar-refractivity contribution < 1.29 is 24.2 Å². The van der Waals surface area contributed by atoms with Crippen LogP contribution in [-0.4, -0.2) is 46.1 Å². The summed E-state index contributed by atoms with van der Waals surface area (Å²) in [5.41, 5.74) is 0.252. The molecule has 0 aromatic heterocycles. The van der Waals surface area contributed by atoms with Crippen LogP contribution in [0.4, 0.5) is 4.79 Å². The van der Waals surface area contributed by atoms with Crippen molar-refractivity contribution in [2.75, 3.05) is 6.54 Å². The van der Waals surface area contributed by atoms with Gasteiger partial charge in [-0.3, -0.25) is 14.5 Å². The van der Waals surface area contributed by atoms with Crippen LogP contribution in [-0.2, 0) is 14.3 Å². The van der Waals surface area contributed by atoms with Crippen molar-refractivity contribution in [3.05, 3.63) is 29.3 Å². The number of hydrogen-bond acceptors (Lipinski definition) is 5. The lowest BCUT2D eigenvalue weighted by Crippen LogP contribution is -2.52. The third kappa shape index (κ3) is 8.97. The summed E-state index contributed by atoms with van der Waals surface area (Å²) >= 11 is 0. The predicted molar refractivity (Wildman–Crippen MR) is 132 cm³/mol. The Kier molecular flexibility index (Phi) is 10.9. The third-order valence-corrected chi connectivity index (χ3v) is 4.95. The van der Waals surface area contributed by atoms with Crippen molar-refractivity contribution in [2.24, 2.45) is 5.92 Å². The number of phenols is 1. The molecule has 0 aliphatic heterocycles. The van der Waals surface area contributed by atoms with Gasteiger partial charge in [-0.25, -0.2) is 4.79 Å². The van der Waals surface area contributed by atoms with Crippen LogP contribution in [0.5, 0.6) is 5.75 Å². The number of carbonyl (C=O) groups excluding carboxylic acids is 3. The van der Waals surface area contributed by atoms with Gasteiger partial charge in [-0.05, 0) is 69.7 Å². The number of aryl methyl sites for hydroxylation is 1. The number of rotatable bonds is 10. The summed E-state index contributed by atoms with van der Waals surface area (Å²) in [4.78, 5) is 40.2. The minimum Gasteiger partial charge on any atom is -0.508 e. The normalized spacial score (nSPS) is 12.9. The fourth-order valence-corrected chi connectivity index (χ4v) is 3.33. The monoisotopic (exact) mass is 473 g/mol. The van der Waals surface area contributed by atoms with Crippen molar-refractivity contribution >= 4 is 17.9 Å².